The molecular formula is C17H12Cl2N2O3. The molecule has 0 saturated carbocycles. The highest BCUT2D eigenvalue weighted by atomic mass is 35.5. The minimum Gasteiger partial charge on any atom is -0.503 e. The Hall–Kier alpha value is -2.68. The predicted molar refractivity (Wildman–Crippen MR) is 93.3 cm³/mol. The molecule has 0 fully saturated rings. The summed E-state index contributed by atoms with van der Waals surface area (Å²) in [6.07, 6.45) is 1.34. The van der Waals surface area contributed by atoms with Crippen LogP contribution in [0.4, 0.5) is 5.69 Å². The Bertz CT molecular complexity index is 857. The molecule has 5 nitrogen and oxygen atoms in total. The maximum Gasteiger partial charge on any atom is 0.266 e. The summed E-state index contributed by atoms with van der Waals surface area (Å²) >= 11 is 11.7. The predicted octanol–water partition coefficient (Wildman–Crippen LogP) is 4.25. The first-order chi connectivity index (χ1) is 11.4. The number of nitriles is 1. The second-order valence-corrected chi connectivity index (χ2v) is 5.53. The number of anilines is 1. The van der Waals surface area contributed by atoms with E-state index in [4.69, 9.17) is 27.9 Å². The van der Waals surface area contributed by atoms with Gasteiger partial charge in [0, 0.05) is 10.7 Å². The average molecular weight is 363 g/mol. The second-order valence-electron chi connectivity index (χ2n) is 4.69. The lowest BCUT2D eigenvalue weighted by atomic mass is 10.1. The molecular weight excluding hydrogens is 351 g/mol. The SMILES string of the molecule is COc1cc(C=C(C#N)C(=O)Nc2cccc(Cl)c2)cc(Cl)c1O. The van der Waals surface area contributed by atoms with E-state index in [1.54, 1.807) is 24.3 Å². The molecule has 2 aromatic carbocycles. The van der Waals surface area contributed by atoms with Crippen LogP contribution in [0.5, 0.6) is 11.5 Å². The third-order valence-electron chi connectivity index (χ3n) is 3.03. The topological polar surface area (TPSA) is 82.3 Å². The average Bonchev–Trinajstić information content (AvgIpc) is 2.55. The van der Waals surface area contributed by atoms with Gasteiger partial charge in [-0.25, -0.2) is 0 Å². The van der Waals surface area contributed by atoms with E-state index in [0.717, 1.165) is 0 Å². The fraction of sp³-hybridized carbons (Fsp3) is 0.0588. The molecule has 0 unspecified atom stereocenters. The number of nitrogens with one attached hydrogen (secondary N) is 1. The Morgan fingerprint density at radius 3 is 2.71 bits per heavy atom. The Morgan fingerprint density at radius 1 is 1.33 bits per heavy atom. The van der Waals surface area contributed by atoms with Gasteiger partial charge in [-0.05, 0) is 42.0 Å². The smallest absolute Gasteiger partial charge is 0.266 e. The zero-order valence-electron chi connectivity index (χ0n) is 12.5. The number of aromatic hydroxyl groups is 1. The van der Waals surface area contributed by atoms with E-state index in [9.17, 15) is 15.2 Å². The fourth-order valence-corrected chi connectivity index (χ4v) is 2.32. The minimum atomic E-state index is -0.595. The van der Waals surface area contributed by atoms with E-state index in [1.165, 1.54) is 25.3 Å². The Morgan fingerprint density at radius 2 is 2.08 bits per heavy atom. The van der Waals surface area contributed by atoms with Crippen molar-refractivity contribution in [2.24, 2.45) is 0 Å². The van der Waals surface area contributed by atoms with Gasteiger partial charge in [0.15, 0.2) is 11.5 Å². The highest BCUT2D eigenvalue weighted by Crippen LogP contribution is 2.35. The molecule has 2 rings (SSSR count). The van der Waals surface area contributed by atoms with E-state index in [1.807, 2.05) is 6.07 Å². The number of nitrogens with zero attached hydrogens (tertiary/aromatic N) is 1. The first kappa shape index (κ1) is 17.7. The molecule has 0 aliphatic rings. The van der Waals surface area contributed by atoms with Crippen LogP contribution in [0.1, 0.15) is 5.56 Å². The summed E-state index contributed by atoms with van der Waals surface area (Å²) in [6, 6.07) is 11.3. The largest absolute Gasteiger partial charge is 0.503 e. The maximum absolute atomic E-state index is 12.2. The van der Waals surface area contributed by atoms with Crippen molar-refractivity contribution in [3.63, 3.8) is 0 Å². The first-order valence-corrected chi connectivity index (χ1v) is 7.45. The second kappa shape index (κ2) is 7.73. The number of benzene rings is 2. The molecule has 24 heavy (non-hydrogen) atoms. The van der Waals surface area contributed by atoms with Crippen LogP contribution in [0.3, 0.4) is 0 Å². The van der Waals surface area contributed by atoms with Crippen LogP contribution >= 0.6 is 23.2 Å². The van der Waals surface area contributed by atoms with Crippen LogP contribution in [-0.2, 0) is 4.79 Å². The molecule has 0 saturated heterocycles. The quantitative estimate of drug-likeness (QED) is 0.628. The molecule has 0 aliphatic heterocycles. The minimum absolute atomic E-state index is 0.0492. The van der Waals surface area contributed by atoms with Crippen LogP contribution in [0, 0.1) is 11.3 Å². The van der Waals surface area contributed by atoms with E-state index in [-0.39, 0.29) is 22.1 Å². The number of phenolic OH excluding ortho intramolecular Hbond substituents is 1. The summed E-state index contributed by atoms with van der Waals surface area (Å²) in [5, 5.41) is 22.0. The molecule has 0 atom stereocenters. The molecule has 0 radical (unpaired) electrons. The zero-order valence-corrected chi connectivity index (χ0v) is 14.0. The van der Waals surface area contributed by atoms with Gasteiger partial charge in [0.25, 0.3) is 5.91 Å². The summed E-state index contributed by atoms with van der Waals surface area (Å²) in [5.74, 6) is -0.664. The van der Waals surface area contributed by atoms with E-state index in [2.05, 4.69) is 5.32 Å². The summed E-state index contributed by atoms with van der Waals surface area (Å²) in [7, 11) is 1.37. The first-order valence-electron chi connectivity index (χ1n) is 6.70. The van der Waals surface area contributed by atoms with Crippen LogP contribution in [-0.4, -0.2) is 18.1 Å². The molecule has 0 spiro atoms. The lowest BCUT2D eigenvalue weighted by Crippen LogP contribution is -2.13. The van der Waals surface area contributed by atoms with Gasteiger partial charge in [-0.2, -0.15) is 5.26 Å². The van der Waals surface area contributed by atoms with Gasteiger partial charge >= 0.3 is 0 Å². The summed E-state index contributed by atoms with van der Waals surface area (Å²) in [4.78, 5) is 12.2. The highest BCUT2D eigenvalue weighted by molar-refractivity contribution is 6.32. The number of ether oxygens (including phenoxy) is 1. The zero-order chi connectivity index (χ0) is 17.7. The summed E-state index contributed by atoms with van der Waals surface area (Å²) < 4.78 is 4.99. The third kappa shape index (κ3) is 4.19. The highest BCUT2D eigenvalue weighted by Gasteiger charge is 2.12. The Labute approximate surface area is 148 Å². The number of amides is 1. The van der Waals surface area contributed by atoms with Gasteiger partial charge in [0.2, 0.25) is 0 Å². The summed E-state index contributed by atoms with van der Waals surface area (Å²) in [5.41, 5.74) is 0.765. The van der Waals surface area contributed by atoms with Crippen molar-refractivity contribution >= 4 is 40.9 Å². The number of hydrogen-bond acceptors (Lipinski definition) is 4. The van der Waals surface area contributed by atoms with E-state index in [0.29, 0.717) is 16.3 Å². The number of methoxy groups -OCH3 is 1. The lowest BCUT2D eigenvalue weighted by Gasteiger charge is -2.07. The fourth-order valence-electron chi connectivity index (χ4n) is 1.91. The van der Waals surface area contributed by atoms with Crippen molar-refractivity contribution in [1.29, 1.82) is 5.26 Å². The number of halogens is 2. The Balaban J connectivity index is 2.31. The lowest BCUT2D eigenvalue weighted by molar-refractivity contribution is -0.112. The maximum atomic E-state index is 12.2. The van der Waals surface area contributed by atoms with Crippen molar-refractivity contribution in [2.45, 2.75) is 0 Å². The normalized spacial score (nSPS) is 10.8. The van der Waals surface area contributed by atoms with Crippen molar-refractivity contribution in [1.82, 2.24) is 0 Å². The molecule has 2 aromatic rings. The van der Waals surface area contributed by atoms with Crippen LogP contribution in [0.25, 0.3) is 6.08 Å². The third-order valence-corrected chi connectivity index (χ3v) is 3.55. The van der Waals surface area contributed by atoms with Gasteiger partial charge in [-0.3, -0.25) is 4.79 Å². The molecule has 7 heteroatoms. The number of phenols is 1. The Kier molecular flexibility index (Phi) is 5.69. The van der Waals surface area contributed by atoms with Gasteiger partial charge in [0.05, 0.1) is 12.1 Å². The van der Waals surface area contributed by atoms with Crippen molar-refractivity contribution in [3.05, 3.63) is 57.6 Å². The standard InChI is InChI=1S/C17H12Cl2N2O3/c1-24-15-7-10(6-14(19)16(15)22)5-11(9-20)17(23)21-13-4-2-3-12(18)8-13/h2-8,22H,1H3,(H,21,23). The number of hydrogen-bond donors (Lipinski definition) is 2. The monoisotopic (exact) mass is 362 g/mol. The molecule has 0 aliphatic carbocycles. The van der Waals surface area contributed by atoms with Gasteiger partial charge in [-0.1, -0.05) is 29.3 Å². The van der Waals surface area contributed by atoms with Gasteiger partial charge < -0.3 is 15.2 Å². The van der Waals surface area contributed by atoms with Gasteiger partial charge in [-0.15, -0.1) is 0 Å². The molecule has 122 valence electrons. The van der Waals surface area contributed by atoms with Crippen LogP contribution in [0.2, 0.25) is 10.0 Å². The summed E-state index contributed by atoms with van der Waals surface area (Å²) in [6.45, 7) is 0. The van der Waals surface area contributed by atoms with Crippen LogP contribution < -0.4 is 10.1 Å². The molecule has 0 aromatic heterocycles. The van der Waals surface area contributed by atoms with Gasteiger partial charge in [0.1, 0.15) is 11.6 Å². The molecule has 0 bridgehead atoms. The van der Waals surface area contributed by atoms with E-state index < -0.39 is 5.91 Å². The molecule has 1 amide bonds. The van der Waals surface area contributed by atoms with Crippen LogP contribution in [0.15, 0.2) is 42.0 Å². The van der Waals surface area contributed by atoms with Crippen molar-refractivity contribution in [2.75, 3.05) is 12.4 Å². The molecule has 0 heterocycles. The van der Waals surface area contributed by atoms with Crippen molar-refractivity contribution < 1.29 is 14.6 Å². The van der Waals surface area contributed by atoms with E-state index >= 15 is 0 Å². The van der Waals surface area contributed by atoms with Crippen molar-refractivity contribution in [3.8, 4) is 17.6 Å². The number of carbonyl (C=O) groups is 1. The molecule has 2 N–H and O–H groups in total. The number of carbonyl (C=O) groups excluding carboxylic acids is 1. The number of rotatable bonds is 4.